The quantitative estimate of drug-likeness (QED) is 0.362. The average Bonchev–Trinajstić information content (AvgIpc) is 2.89. The standard InChI is InChI=1S/C15H30N4O2S.HI/c1-4-15(8-6-9-15)12-18-14(16-2)17-11-13-7-5-10-19(13)22(3,20)21;/h13H,4-12H2,1-3H3,(H2,16,17,18);1H/t13-;/m1./s1. The van der Waals surface area contributed by atoms with Crippen LogP contribution in [-0.2, 0) is 10.0 Å². The van der Waals surface area contributed by atoms with Crippen LogP contribution in [0.3, 0.4) is 0 Å². The Labute approximate surface area is 157 Å². The second-order valence-corrected chi connectivity index (χ2v) is 8.62. The highest BCUT2D eigenvalue weighted by Crippen LogP contribution is 2.42. The zero-order valence-electron chi connectivity index (χ0n) is 14.5. The lowest BCUT2D eigenvalue weighted by Crippen LogP contribution is -2.49. The van der Waals surface area contributed by atoms with Crippen molar-refractivity contribution in [3.8, 4) is 0 Å². The minimum absolute atomic E-state index is 0. The maximum absolute atomic E-state index is 11.8. The third-order valence-corrected chi connectivity index (χ3v) is 6.61. The normalized spacial score (nSPS) is 24.7. The molecule has 0 aromatic heterocycles. The van der Waals surface area contributed by atoms with E-state index in [1.54, 1.807) is 11.4 Å². The number of rotatable bonds is 6. The zero-order chi connectivity index (χ0) is 16.2. The van der Waals surface area contributed by atoms with Crippen molar-refractivity contribution in [2.75, 3.05) is 32.9 Å². The highest BCUT2D eigenvalue weighted by molar-refractivity contribution is 14.0. The van der Waals surface area contributed by atoms with E-state index in [-0.39, 0.29) is 30.0 Å². The summed E-state index contributed by atoms with van der Waals surface area (Å²) in [5.74, 6) is 0.778. The summed E-state index contributed by atoms with van der Waals surface area (Å²) in [4.78, 5) is 4.26. The van der Waals surface area contributed by atoms with E-state index in [0.29, 0.717) is 18.5 Å². The molecule has 0 radical (unpaired) electrons. The first-order valence-electron chi connectivity index (χ1n) is 8.31. The van der Waals surface area contributed by atoms with Crippen molar-refractivity contribution in [1.29, 1.82) is 0 Å². The topological polar surface area (TPSA) is 73.8 Å². The van der Waals surface area contributed by atoms with Gasteiger partial charge in [0.2, 0.25) is 10.0 Å². The highest BCUT2D eigenvalue weighted by Gasteiger charge is 2.35. The number of guanidine groups is 1. The van der Waals surface area contributed by atoms with Crippen molar-refractivity contribution in [2.24, 2.45) is 10.4 Å². The van der Waals surface area contributed by atoms with E-state index >= 15 is 0 Å². The summed E-state index contributed by atoms with van der Waals surface area (Å²) in [5, 5.41) is 6.70. The second-order valence-electron chi connectivity index (χ2n) is 6.68. The van der Waals surface area contributed by atoms with Gasteiger partial charge in [-0.25, -0.2) is 8.42 Å². The molecule has 1 aliphatic heterocycles. The van der Waals surface area contributed by atoms with Gasteiger partial charge in [-0.05, 0) is 37.5 Å². The number of aliphatic imine (C=N–C) groups is 1. The Hall–Kier alpha value is -0.0900. The van der Waals surface area contributed by atoms with E-state index in [9.17, 15) is 8.42 Å². The van der Waals surface area contributed by atoms with Gasteiger partial charge in [-0.15, -0.1) is 24.0 Å². The zero-order valence-corrected chi connectivity index (χ0v) is 17.6. The first kappa shape index (κ1) is 21.0. The molecule has 0 aromatic carbocycles. The predicted molar refractivity (Wildman–Crippen MR) is 106 cm³/mol. The molecule has 23 heavy (non-hydrogen) atoms. The van der Waals surface area contributed by atoms with Gasteiger partial charge in [0, 0.05) is 32.7 Å². The molecule has 1 heterocycles. The van der Waals surface area contributed by atoms with Crippen molar-refractivity contribution in [1.82, 2.24) is 14.9 Å². The lowest BCUT2D eigenvalue weighted by atomic mass is 9.67. The Bertz CT molecular complexity index is 500. The van der Waals surface area contributed by atoms with Gasteiger partial charge in [-0.3, -0.25) is 4.99 Å². The van der Waals surface area contributed by atoms with Crippen LogP contribution >= 0.6 is 24.0 Å². The molecule has 136 valence electrons. The number of halogens is 1. The molecule has 2 aliphatic rings. The summed E-state index contributed by atoms with van der Waals surface area (Å²) in [6.07, 6.45) is 8.24. The fraction of sp³-hybridized carbons (Fsp3) is 0.933. The van der Waals surface area contributed by atoms with Gasteiger partial charge in [-0.2, -0.15) is 4.31 Å². The average molecular weight is 458 g/mol. The summed E-state index contributed by atoms with van der Waals surface area (Å²) < 4.78 is 25.1. The van der Waals surface area contributed by atoms with Crippen LogP contribution < -0.4 is 10.6 Å². The van der Waals surface area contributed by atoms with Crippen LogP contribution in [0.5, 0.6) is 0 Å². The van der Waals surface area contributed by atoms with Crippen LogP contribution in [0, 0.1) is 5.41 Å². The fourth-order valence-corrected chi connectivity index (χ4v) is 4.67. The highest BCUT2D eigenvalue weighted by atomic mass is 127. The first-order valence-corrected chi connectivity index (χ1v) is 10.2. The minimum atomic E-state index is -3.11. The first-order chi connectivity index (χ1) is 10.4. The largest absolute Gasteiger partial charge is 0.356 e. The van der Waals surface area contributed by atoms with Gasteiger partial charge in [-0.1, -0.05) is 13.3 Å². The molecule has 1 saturated heterocycles. The molecule has 2 fully saturated rings. The molecule has 0 unspecified atom stereocenters. The molecule has 1 atom stereocenters. The van der Waals surface area contributed by atoms with E-state index in [1.807, 2.05) is 0 Å². The number of sulfonamides is 1. The Morgan fingerprint density at radius 1 is 1.30 bits per heavy atom. The summed E-state index contributed by atoms with van der Waals surface area (Å²) >= 11 is 0. The molecule has 0 amide bonds. The molecule has 6 nitrogen and oxygen atoms in total. The van der Waals surface area contributed by atoms with E-state index in [2.05, 4.69) is 22.5 Å². The second kappa shape index (κ2) is 8.84. The van der Waals surface area contributed by atoms with E-state index in [1.165, 1.54) is 31.9 Å². The smallest absolute Gasteiger partial charge is 0.211 e. The molecule has 0 bridgehead atoms. The van der Waals surface area contributed by atoms with Crippen molar-refractivity contribution in [3.63, 3.8) is 0 Å². The Morgan fingerprint density at radius 2 is 2.00 bits per heavy atom. The van der Waals surface area contributed by atoms with Gasteiger partial charge in [0.1, 0.15) is 0 Å². The van der Waals surface area contributed by atoms with Gasteiger partial charge in [0.05, 0.1) is 6.26 Å². The number of nitrogens with one attached hydrogen (secondary N) is 2. The summed E-state index contributed by atoms with van der Waals surface area (Å²) in [5.41, 5.74) is 0.434. The fourth-order valence-electron chi connectivity index (χ4n) is 3.49. The minimum Gasteiger partial charge on any atom is -0.356 e. The molecular weight excluding hydrogens is 427 g/mol. The van der Waals surface area contributed by atoms with E-state index in [4.69, 9.17) is 0 Å². The van der Waals surface area contributed by atoms with Gasteiger partial charge < -0.3 is 10.6 Å². The molecule has 0 spiro atoms. The number of hydrogen-bond acceptors (Lipinski definition) is 3. The maximum Gasteiger partial charge on any atom is 0.211 e. The van der Waals surface area contributed by atoms with E-state index < -0.39 is 10.0 Å². The molecule has 8 heteroatoms. The molecule has 0 aromatic rings. The Balaban J connectivity index is 0.00000264. The van der Waals surface area contributed by atoms with Crippen LogP contribution in [0.2, 0.25) is 0 Å². The molecule has 1 saturated carbocycles. The predicted octanol–water partition coefficient (Wildman–Crippen LogP) is 1.77. The lowest BCUT2D eigenvalue weighted by molar-refractivity contribution is 0.131. The van der Waals surface area contributed by atoms with Crippen molar-refractivity contribution in [2.45, 2.75) is 51.5 Å². The van der Waals surface area contributed by atoms with Crippen LogP contribution in [0.15, 0.2) is 4.99 Å². The Kier molecular flexibility index (Phi) is 8.06. The third kappa shape index (κ3) is 5.45. The maximum atomic E-state index is 11.8. The molecule has 2 rings (SSSR count). The third-order valence-electron chi connectivity index (χ3n) is 5.27. The lowest BCUT2D eigenvalue weighted by Gasteiger charge is -2.41. The SMILES string of the molecule is CCC1(CNC(=NC)NC[C@H]2CCCN2S(C)(=O)=O)CCC1.I. The monoisotopic (exact) mass is 458 g/mol. The van der Waals surface area contributed by atoms with Gasteiger partial charge >= 0.3 is 0 Å². The van der Waals surface area contributed by atoms with E-state index in [0.717, 1.165) is 25.3 Å². The number of nitrogens with zero attached hydrogens (tertiary/aromatic N) is 2. The van der Waals surface area contributed by atoms with Crippen molar-refractivity contribution >= 4 is 40.0 Å². The van der Waals surface area contributed by atoms with Crippen LogP contribution in [0.25, 0.3) is 0 Å². The van der Waals surface area contributed by atoms with Gasteiger partial charge in [0.15, 0.2) is 5.96 Å². The Morgan fingerprint density at radius 3 is 2.48 bits per heavy atom. The molecular formula is C15H31IN4O2S. The van der Waals surface area contributed by atoms with Crippen molar-refractivity contribution < 1.29 is 8.42 Å². The summed E-state index contributed by atoms with van der Waals surface area (Å²) in [6, 6.07) is 0.0392. The molecule has 1 aliphatic carbocycles. The summed E-state index contributed by atoms with van der Waals surface area (Å²) in [6.45, 7) is 4.45. The summed E-state index contributed by atoms with van der Waals surface area (Å²) in [7, 11) is -1.35. The van der Waals surface area contributed by atoms with Crippen LogP contribution in [0.4, 0.5) is 0 Å². The number of hydrogen-bond donors (Lipinski definition) is 2. The van der Waals surface area contributed by atoms with Gasteiger partial charge in [0.25, 0.3) is 0 Å². The van der Waals surface area contributed by atoms with Crippen molar-refractivity contribution in [3.05, 3.63) is 0 Å². The van der Waals surface area contributed by atoms with Crippen LogP contribution in [-0.4, -0.2) is 57.7 Å². The van der Waals surface area contributed by atoms with Crippen LogP contribution in [0.1, 0.15) is 45.4 Å². The molecule has 2 N–H and O–H groups in total.